The Bertz CT molecular complexity index is 778. The highest BCUT2D eigenvalue weighted by atomic mass is 15.0. The number of fused-ring (bicyclic) bond motifs is 1. The molecule has 92 valence electrons. The van der Waals surface area contributed by atoms with Crippen molar-refractivity contribution in [3.05, 3.63) is 65.6 Å². The summed E-state index contributed by atoms with van der Waals surface area (Å²) in [5, 5.41) is 10.1. The van der Waals surface area contributed by atoms with Crippen molar-refractivity contribution in [1.82, 2.24) is 9.55 Å². The first-order chi connectivity index (χ1) is 9.26. The third kappa shape index (κ3) is 2.21. The Morgan fingerprint density at radius 1 is 1.21 bits per heavy atom. The molecule has 0 atom stereocenters. The normalized spacial score (nSPS) is 10.5. The van der Waals surface area contributed by atoms with Crippen molar-refractivity contribution in [2.75, 3.05) is 0 Å². The first kappa shape index (κ1) is 11.5. The number of nitrogens with zero attached hydrogens (tertiary/aromatic N) is 3. The third-order valence-corrected chi connectivity index (χ3v) is 3.18. The number of pyridine rings is 1. The van der Waals surface area contributed by atoms with Gasteiger partial charge in [-0.25, -0.2) is 0 Å². The van der Waals surface area contributed by atoms with Gasteiger partial charge in [-0.1, -0.05) is 12.1 Å². The molecular formula is C16H13N3. The Hall–Kier alpha value is -2.60. The molecule has 0 aliphatic carbocycles. The van der Waals surface area contributed by atoms with Crippen molar-refractivity contribution in [3.63, 3.8) is 0 Å². The van der Waals surface area contributed by atoms with E-state index in [-0.39, 0.29) is 0 Å². The van der Waals surface area contributed by atoms with Crippen LogP contribution in [0.1, 0.15) is 17.0 Å². The zero-order valence-electron chi connectivity index (χ0n) is 10.7. The number of rotatable bonds is 2. The van der Waals surface area contributed by atoms with Gasteiger partial charge in [0.2, 0.25) is 0 Å². The maximum absolute atomic E-state index is 8.98. The fourth-order valence-corrected chi connectivity index (χ4v) is 2.25. The predicted molar refractivity (Wildman–Crippen MR) is 74.7 cm³/mol. The second kappa shape index (κ2) is 4.58. The first-order valence-electron chi connectivity index (χ1n) is 6.18. The molecule has 0 aliphatic rings. The molecule has 0 fully saturated rings. The van der Waals surface area contributed by atoms with Gasteiger partial charge in [0.1, 0.15) is 0 Å². The average Bonchev–Trinajstić information content (AvgIpc) is 2.81. The van der Waals surface area contributed by atoms with Gasteiger partial charge in [0.15, 0.2) is 0 Å². The molecule has 0 saturated heterocycles. The Kier molecular flexibility index (Phi) is 2.77. The van der Waals surface area contributed by atoms with E-state index in [0.717, 1.165) is 28.8 Å². The summed E-state index contributed by atoms with van der Waals surface area (Å²) >= 11 is 0. The Balaban J connectivity index is 2.03. The van der Waals surface area contributed by atoms with E-state index in [2.05, 4.69) is 21.7 Å². The molecule has 0 amide bonds. The standard InChI is InChI=1S/C16H13N3/c1-12-3-2-4-15(18-12)11-19-8-7-14-6-5-13(10-17)9-16(14)19/h2-9H,11H2,1H3. The lowest BCUT2D eigenvalue weighted by atomic mass is 10.2. The highest BCUT2D eigenvalue weighted by Gasteiger charge is 2.04. The Morgan fingerprint density at radius 2 is 2.11 bits per heavy atom. The van der Waals surface area contributed by atoms with Crippen LogP contribution >= 0.6 is 0 Å². The highest BCUT2D eigenvalue weighted by Crippen LogP contribution is 2.18. The third-order valence-electron chi connectivity index (χ3n) is 3.18. The second-order valence-corrected chi connectivity index (χ2v) is 4.60. The van der Waals surface area contributed by atoms with Gasteiger partial charge in [-0.3, -0.25) is 4.98 Å². The lowest BCUT2D eigenvalue weighted by Gasteiger charge is -2.06. The molecule has 0 bridgehead atoms. The van der Waals surface area contributed by atoms with Crippen molar-refractivity contribution in [2.24, 2.45) is 0 Å². The fourth-order valence-electron chi connectivity index (χ4n) is 2.25. The summed E-state index contributed by atoms with van der Waals surface area (Å²) in [6.07, 6.45) is 2.04. The number of aryl methyl sites for hydroxylation is 1. The van der Waals surface area contributed by atoms with E-state index in [1.807, 2.05) is 49.5 Å². The van der Waals surface area contributed by atoms with E-state index in [9.17, 15) is 0 Å². The lowest BCUT2D eigenvalue weighted by molar-refractivity contribution is 0.802. The Labute approximate surface area is 111 Å². The van der Waals surface area contributed by atoms with Crippen LogP contribution in [0.2, 0.25) is 0 Å². The molecule has 0 unspecified atom stereocenters. The maximum Gasteiger partial charge on any atom is 0.0992 e. The summed E-state index contributed by atoms with van der Waals surface area (Å²) in [7, 11) is 0. The zero-order valence-corrected chi connectivity index (χ0v) is 10.7. The van der Waals surface area contributed by atoms with Crippen molar-refractivity contribution < 1.29 is 0 Å². The molecule has 0 saturated carbocycles. The highest BCUT2D eigenvalue weighted by molar-refractivity contribution is 5.81. The van der Waals surface area contributed by atoms with Gasteiger partial charge in [0, 0.05) is 17.4 Å². The second-order valence-electron chi connectivity index (χ2n) is 4.60. The quantitative estimate of drug-likeness (QED) is 0.697. The van der Waals surface area contributed by atoms with Gasteiger partial charge in [-0.15, -0.1) is 0 Å². The van der Waals surface area contributed by atoms with Crippen molar-refractivity contribution in [2.45, 2.75) is 13.5 Å². The molecule has 0 N–H and O–H groups in total. The first-order valence-corrected chi connectivity index (χ1v) is 6.18. The molecule has 0 spiro atoms. The lowest BCUT2D eigenvalue weighted by Crippen LogP contribution is -2.01. The number of nitriles is 1. The molecule has 3 rings (SSSR count). The molecule has 1 aromatic carbocycles. The molecule has 19 heavy (non-hydrogen) atoms. The van der Waals surface area contributed by atoms with Crippen molar-refractivity contribution in [1.29, 1.82) is 5.26 Å². The van der Waals surface area contributed by atoms with Crippen LogP contribution in [-0.4, -0.2) is 9.55 Å². The molecule has 0 radical (unpaired) electrons. The number of hydrogen-bond acceptors (Lipinski definition) is 2. The minimum Gasteiger partial charge on any atom is -0.341 e. The Morgan fingerprint density at radius 3 is 2.89 bits per heavy atom. The molecule has 3 aromatic rings. The molecule has 3 heteroatoms. The average molecular weight is 247 g/mol. The predicted octanol–water partition coefficient (Wildman–Crippen LogP) is 3.26. The summed E-state index contributed by atoms with van der Waals surface area (Å²) < 4.78 is 2.12. The largest absolute Gasteiger partial charge is 0.341 e. The minimum absolute atomic E-state index is 0.685. The monoisotopic (exact) mass is 247 g/mol. The van der Waals surface area contributed by atoms with E-state index in [1.165, 1.54) is 0 Å². The van der Waals surface area contributed by atoms with E-state index in [1.54, 1.807) is 0 Å². The topological polar surface area (TPSA) is 41.6 Å². The van der Waals surface area contributed by atoms with Crippen LogP contribution in [0.25, 0.3) is 10.9 Å². The van der Waals surface area contributed by atoms with Crippen LogP contribution in [-0.2, 0) is 6.54 Å². The van der Waals surface area contributed by atoms with Crippen molar-refractivity contribution >= 4 is 10.9 Å². The van der Waals surface area contributed by atoms with Gasteiger partial charge in [-0.05, 0) is 42.6 Å². The van der Waals surface area contributed by atoms with Gasteiger partial charge >= 0.3 is 0 Å². The van der Waals surface area contributed by atoms with Gasteiger partial charge in [0.05, 0.1) is 23.9 Å². The molecule has 3 nitrogen and oxygen atoms in total. The van der Waals surface area contributed by atoms with Gasteiger partial charge in [-0.2, -0.15) is 5.26 Å². The minimum atomic E-state index is 0.685. The van der Waals surface area contributed by atoms with Gasteiger partial charge in [0.25, 0.3) is 0 Å². The SMILES string of the molecule is Cc1cccc(Cn2ccc3ccc(C#N)cc32)n1. The van der Waals surface area contributed by atoms with Crippen LogP contribution in [0.3, 0.4) is 0 Å². The summed E-state index contributed by atoms with van der Waals surface area (Å²) in [6.45, 7) is 2.71. The van der Waals surface area contributed by atoms with Crippen LogP contribution in [0.15, 0.2) is 48.7 Å². The van der Waals surface area contributed by atoms with Crippen LogP contribution < -0.4 is 0 Å². The molecular weight excluding hydrogens is 234 g/mol. The van der Waals surface area contributed by atoms with Crippen molar-refractivity contribution in [3.8, 4) is 6.07 Å². The van der Waals surface area contributed by atoms with Crippen LogP contribution in [0, 0.1) is 18.3 Å². The van der Waals surface area contributed by atoms with Gasteiger partial charge < -0.3 is 4.57 Å². The summed E-state index contributed by atoms with van der Waals surface area (Å²) in [5.41, 5.74) is 3.80. The van der Waals surface area contributed by atoms with Crippen LogP contribution in [0.4, 0.5) is 0 Å². The molecule has 2 heterocycles. The molecule has 0 aliphatic heterocycles. The van der Waals surface area contributed by atoms with E-state index >= 15 is 0 Å². The summed E-state index contributed by atoms with van der Waals surface area (Å²) in [5.74, 6) is 0. The number of benzene rings is 1. The number of hydrogen-bond donors (Lipinski definition) is 0. The zero-order chi connectivity index (χ0) is 13.2. The van der Waals surface area contributed by atoms with E-state index in [4.69, 9.17) is 5.26 Å². The smallest absolute Gasteiger partial charge is 0.0992 e. The van der Waals surface area contributed by atoms with E-state index in [0.29, 0.717) is 5.56 Å². The number of aromatic nitrogens is 2. The van der Waals surface area contributed by atoms with E-state index < -0.39 is 0 Å². The summed E-state index contributed by atoms with van der Waals surface area (Å²) in [4.78, 5) is 4.51. The fraction of sp³-hybridized carbons (Fsp3) is 0.125. The molecule has 2 aromatic heterocycles. The maximum atomic E-state index is 8.98. The summed E-state index contributed by atoms with van der Waals surface area (Å²) in [6, 6.07) is 16.0. The van der Waals surface area contributed by atoms with Crippen LogP contribution in [0.5, 0.6) is 0 Å².